The number of benzene rings is 2. The summed E-state index contributed by atoms with van der Waals surface area (Å²) in [5, 5.41) is 11.9. The van der Waals surface area contributed by atoms with Gasteiger partial charge in [-0.05, 0) is 29.3 Å². The van der Waals surface area contributed by atoms with Gasteiger partial charge in [0.2, 0.25) is 5.91 Å². The van der Waals surface area contributed by atoms with Crippen LogP contribution in [0.4, 0.5) is 0 Å². The van der Waals surface area contributed by atoms with Crippen LogP contribution in [0.3, 0.4) is 0 Å². The minimum absolute atomic E-state index is 0.0637. The Bertz CT molecular complexity index is 897. The first-order chi connectivity index (χ1) is 11.5. The third-order valence-electron chi connectivity index (χ3n) is 4.11. The van der Waals surface area contributed by atoms with E-state index in [1.807, 2.05) is 42.5 Å². The molecule has 1 heterocycles. The molecule has 0 spiro atoms. The lowest BCUT2D eigenvalue weighted by Crippen LogP contribution is -2.29. The number of carboxylic acid groups (broad SMARTS) is 1. The summed E-state index contributed by atoms with van der Waals surface area (Å²) in [5.74, 6) is -0.305. The molecule has 2 aromatic carbocycles. The van der Waals surface area contributed by atoms with E-state index < -0.39 is 5.97 Å². The van der Waals surface area contributed by atoms with E-state index in [1.165, 1.54) is 0 Å². The van der Waals surface area contributed by atoms with E-state index >= 15 is 0 Å². The molecule has 5 nitrogen and oxygen atoms in total. The van der Waals surface area contributed by atoms with Gasteiger partial charge in [-0.3, -0.25) is 9.59 Å². The Hall–Kier alpha value is -2.82. The maximum absolute atomic E-state index is 12.2. The molecule has 124 valence electrons. The number of carbonyl (C=O) groups is 2. The van der Waals surface area contributed by atoms with Gasteiger partial charge in [0.1, 0.15) is 11.3 Å². The number of likely N-dealkylation sites (N-methyl/N-ethyl adjacent to an activating group) is 1. The van der Waals surface area contributed by atoms with Gasteiger partial charge >= 0.3 is 5.97 Å². The minimum atomic E-state index is -0.847. The van der Waals surface area contributed by atoms with Crippen LogP contribution >= 0.6 is 0 Å². The second-order valence-electron chi connectivity index (χ2n) is 5.90. The molecule has 0 unspecified atom stereocenters. The highest BCUT2D eigenvalue weighted by Crippen LogP contribution is 2.28. The molecule has 1 amide bonds. The first-order valence-corrected chi connectivity index (χ1v) is 7.90. The number of aliphatic carboxylic acids is 1. The summed E-state index contributed by atoms with van der Waals surface area (Å²) in [4.78, 5) is 24.3. The van der Waals surface area contributed by atoms with E-state index in [1.54, 1.807) is 11.9 Å². The fourth-order valence-corrected chi connectivity index (χ4v) is 2.81. The van der Waals surface area contributed by atoms with Crippen LogP contribution in [0, 0.1) is 0 Å². The molecular formula is C19H19NO4. The van der Waals surface area contributed by atoms with Crippen molar-refractivity contribution < 1.29 is 19.1 Å². The quantitative estimate of drug-likeness (QED) is 0.753. The highest BCUT2D eigenvalue weighted by molar-refractivity contribution is 6.06. The molecule has 1 aromatic heterocycles. The van der Waals surface area contributed by atoms with Crippen molar-refractivity contribution >= 4 is 33.6 Å². The van der Waals surface area contributed by atoms with Crippen molar-refractivity contribution in [2.24, 2.45) is 0 Å². The Kier molecular flexibility index (Phi) is 4.51. The Morgan fingerprint density at radius 3 is 2.71 bits per heavy atom. The van der Waals surface area contributed by atoms with Gasteiger partial charge in [-0.2, -0.15) is 0 Å². The summed E-state index contributed by atoms with van der Waals surface area (Å²) in [6.45, 7) is 0.425. The molecular weight excluding hydrogens is 306 g/mol. The summed E-state index contributed by atoms with van der Waals surface area (Å²) < 4.78 is 5.80. The van der Waals surface area contributed by atoms with Crippen LogP contribution in [0.1, 0.15) is 18.6 Å². The van der Waals surface area contributed by atoms with Crippen LogP contribution in [0.2, 0.25) is 0 Å². The molecule has 0 saturated carbocycles. The van der Waals surface area contributed by atoms with Crippen molar-refractivity contribution in [2.45, 2.75) is 19.3 Å². The monoisotopic (exact) mass is 325 g/mol. The van der Waals surface area contributed by atoms with Crippen LogP contribution in [0.15, 0.2) is 46.9 Å². The molecule has 1 N–H and O–H groups in total. The molecule has 24 heavy (non-hydrogen) atoms. The number of nitrogens with zero attached hydrogens (tertiary/aromatic N) is 1. The van der Waals surface area contributed by atoms with Gasteiger partial charge in [0.05, 0.1) is 6.42 Å². The standard InChI is InChI=1S/C19H19NO4/c1-20(10-4-7-19(22)23)18(21)12-14-11-16-15-6-3-2-5-13(15)8-9-17(16)24-14/h2-3,5-6,8-9,11H,4,7,10,12H2,1H3,(H,22,23). The lowest BCUT2D eigenvalue weighted by Gasteiger charge is -2.15. The third-order valence-corrected chi connectivity index (χ3v) is 4.11. The summed E-state index contributed by atoms with van der Waals surface area (Å²) in [6, 6.07) is 13.9. The van der Waals surface area contributed by atoms with Crippen LogP contribution in [-0.4, -0.2) is 35.5 Å². The van der Waals surface area contributed by atoms with Gasteiger partial charge in [0.25, 0.3) is 0 Å². The zero-order valence-electron chi connectivity index (χ0n) is 13.5. The van der Waals surface area contributed by atoms with Crippen LogP contribution in [-0.2, 0) is 16.0 Å². The van der Waals surface area contributed by atoms with Crippen LogP contribution < -0.4 is 0 Å². The number of hydrogen-bond acceptors (Lipinski definition) is 3. The molecule has 3 rings (SSSR count). The summed E-state index contributed by atoms with van der Waals surface area (Å²) in [5.41, 5.74) is 0.769. The zero-order chi connectivity index (χ0) is 17.1. The van der Waals surface area contributed by atoms with Crippen LogP contribution in [0.5, 0.6) is 0 Å². The lowest BCUT2D eigenvalue weighted by atomic mass is 10.1. The van der Waals surface area contributed by atoms with Crippen molar-refractivity contribution in [2.75, 3.05) is 13.6 Å². The number of carbonyl (C=O) groups excluding carboxylic acids is 1. The first-order valence-electron chi connectivity index (χ1n) is 7.90. The van der Waals surface area contributed by atoms with Gasteiger partial charge < -0.3 is 14.4 Å². The molecule has 0 aliphatic carbocycles. The van der Waals surface area contributed by atoms with E-state index in [4.69, 9.17) is 9.52 Å². The summed E-state index contributed by atoms with van der Waals surface area (Å²) in [7, 11) is 1.68. The maximum atomic E-state index is 12.2. The Labute approximate surface area is 139 Å². The largest absolute Gasteiger partial charge is 0.481 e. The summed E-state index contributed by atoms with van der Waals surface area (Å²) >= 11 is 0. The van der Waals surface area contributed by atoms with Crippen molar-refractivity contribution in [1.82, 2.24) is 4.90 Å². The smallest absolute Gasteiger partial charge is 0.303 e. The number of amides is 1. The first kappa shape index (κ1) is 16.1. The molecule has 0 fully saturated rings. The molecule has 0 aliphatic rings. The molecule has 0 aliphatic heterocycles. The Balaban J connectivity index is 1.74. The highest BCUT2D eigenvalue weighted by atomic mass is 16.4. The molecule has 0 radical (unpaired) electrons. The fourth-order valence-electron chi connectivity index (χ4n) is 2.81. The molecule has 3 aromatic rings. The van der Waals surface area contributed by atoms with Gasteiger partial charge in [-0.25, -0.2) is 0 Å². The van der Waals surface area contributed by atoms with E-state index in [2.05, 4.69) is 0 Å². The average molecular weight is 325 g/mol. The van der Waals surface area contributed by atoms with E-state index in [-0.39, 0.29) is 18.7 Å². The number of carboxylic acids is 1. The number of hydrogen-bond donors (Lipinski definition) is 1. The van der Waals surface area contributed by atoms with E-state index in [0.717, 1.165) is 21.7 Å². The van der Waals surface area contributed by atoms with Gasteiger partial charge in [0.15, 0.2) is 0 Å². The molecule has 0 saturated heterocycles. The van der Waals surface area contributed by atoms with Crippen molar-refractivity contribution in [1.29, 1.82) is 0 Å². The fraction of sp³-hybridized carbons (Fsp3) is 0.263. The minimum Gasteiger partial charge on any atom is -0.481 e. The van der Waals surface area contributed by atoms with Crippen LogP contribution in [0.25, 0.3) is 21.7 Å². The second kappa shape index (κ2) is 6.74. The average Bonchev–Trinajstić information content (AvgIpc) is 2.97. The highest BCUT2D eigenvalue weighted by Gasteiger charge is 2.14. The topological polar surface area (TPSA) is 70.8 Å². The molecule has 0 bridgehead atoms. The van der Waals surface area contributed by atoms with E-state index in [9.17, 15) is 9.59 Å². The van der Waals surface area contributed by atoms with Crippen molar-refractivity contribution in [3.63, 3.8) is 0 Å². The summed E-state index contributed by atoms with van der Waals surface area (Å²) in [6.07, 6.45) is 0.684. The predicted molar refractivity (Wildman–Crippen MR) is 91.9 cm³/mol. The number of rotatable bonds is 6. The van der Waals surface area contributed by atoms with Crippen molar-refractivity contribution in [3.05, 3.63) is 48.2 Å². The Morgan fingerprint density at radius 1 is 1.12 bits per heavy atom. The normalized spacial score (nSPS) is 11.0. The number of furan rings is 1. The zero-order valence-corrected chi connectivity index (χ0v) is 13.5. The SMILES string of the molecule is CN(CCCC(=O)O)C(=O)Cc1cc2c(ccc3ccccc32)o1. The molecule has 5 heteroatoms. The lowest BCUT2D eigenvalue weighted by molar-refractivity contribution is -0.138. The number of fused-ring (bicyclic) bond motifs is 3. The Morgan fingerprint density at radius 2 is 1.92 bits per heavy atom. The van der Waals surface area contributed by atoms with E-state index in [0.29, 0.717) is 18.7 Å². The van der Waals surface area contributed by atoms with Gasteiger partial charge in [-0.15, -0.1) is 0 Å². The maximum Gasteiger partial charge on any atom is 0.303 e. The van der Waals surface area contributed by atoms with Crippen molar-refractivity contribution in [3.8, 4) is 0 Å². The second-order valence-corrected chi connectivity index (χ2v) is 5.90. The third kappa shape index (κ3) is 3.40. The molecule has 0 atom stereocenters. The predicted octanol–water partition coefficient (Wildman–Crippen LogP) is 3.45. The van der Waals surface area contributed by atoms with Gasteiger partial charge in [-0.1, -0.05) is 30.3 Å². The van der Waals surface area contributed by atoms with Gasteiger partial charge in [0, 0.05) is 25.4 Å².